The van der Waals surface area contributed by atoms with Crippen LogP contribution in [0.5, 0.6) is 5.75 Å². The molecule has 6 heteroatoms. The predicted molar refractivity (Wildman–Crippen MR) is 74.4 cm³/mol. The number of benzene rings is 1. The standard InChI is InChI=1S/C14H17ClFNO3/c1-8(2)14(9(3)18)17-13(19)7-20-10-4-5-11(15)12(16)6-10/h4-6,8,14H,7H2,1-3H3,(H,17,19). The van der Waals surface area contributed by atoms with Gasteiger partial charge in [-0.15, -0.1) is 0 Å². The van der Waals surface area contributed by atoms with Gasteiger partial charge < -0.3 is 10.1 Å². The van der Waals surface area contributed by atoms with E-state index in [0.29, 0.717) is 0 Å². The van der Waals surface area contributed by atoms with E-state index in [2.05, 4.69) is 5.32 Å². The van der Waals surface area contributed by atoms with Crippen LogP contribution >= 0.6 is 11.6 Å². The summed E-state index contributed by atoms with van der Waals surface area (Å²) < 4.78 is 18.3. The molecule has 0 aliphatic heterocycles. The van der Waals surface area contributed by atoms with Crippen LogP contribution in [-0.2, 0) is 9.59 Å². The van der Waals surface area contributed by atoms with Gasteiger partial charge in [-0.05, 0) is 25.0 Å². The number of carbonyl (C=O) groups excluding carboxylic acids is 2. The minimum absolute atomic E-state index is 0.00979. The molecule has 0 aliphatic rings. The van der Waals surface area contributed by atoms with Crippen molar-refractivity contribution in [2.75, 3.05) is 6.61 Å². The zero-order valence-corrected chi connectivity index (χ0v) is 12.3. The molecule has 0 saturated heterocycles. The summed E-state index contributed by atoms with van der Waals surface area (Å²) in [4.78, 5) is 23.0. The number of Topliss-reactive ketones (excluding diaryl/α,β-unsaturated/α-hetero) is 1. The number of halogens is 2. The van der Waals surface area contributed by atoms with E-state index in [0.717, 1.165) is 6.07 Å². The number of rotatable bonds is 6. The summed E-state index contributed by atoms with van der Waals surface area (Å²) in [5, 5.41) is 2.56. The number of ketones is 1. The highest BCUT2D eigenvalue weighted by Crippen LogP contribution is 2.20. The van der Waals surface area contributed by atoms with Gasteiger partial charge >= 0.3 is 0 Å². The van der Waals surface area contributed by atoms with Gasteiger partial charge in [0.15, 0.2) is 12.4 Å². The summed E-state index contributed by atoms with van der Waals surface area (Å²) in [6, 6.07) is 3.36. The van der Waals surface area contributed by atoms with E-state index in [1.165, 1.54) is 19.1 Å². The summed E-state index contributed by atoms with van der Waals surface area (Å²) in [5.41, 5.74) is 0. The molecule has 1 rings (SSSR count). The first-order chi connectivity index (χ1) is 9.31. The normalized spacial score (nSPS) is 12.1. The van der Waals surface area contributed by atoms with E-state index < -0.39 is 17.8 Å². The average molecular weight is 302 g/mol. The number of carbonyl (C=O) groups is 2. The Morgan fingerprint density at radius 3 is 2.55 bits per heavy atom. The van der Waals surface area contributed by atoms with Gasteiger partial charge in [-0.2, -0.15) is 0 Å². The molecular formula is C14H17ClFNO3. The Balaban J connectivity index is 2.54. The Morgan fingerprint density at radius 1 is 1.40 bits per heavy atom. The molecule has 1 unspecified atom stereocenters. The van der Waals surface area contributed by atoms with Gasteiger partial charge in [0, 0.05) is 6.07 Å². The minimum Gasteiger partial charge on any atom is -0.484 e. The van der Waals surface area contributed by atoms with Gasteiger partial charge in [0.2, 0.25) is 0 Å². The highest BCUT2D eigenvalue weighted by atomic mass is 35.5. The molecule has 1 atom stereocenters. The van der Waals surface area contributed by atoms with Crippen molar-refractivity contribution in [1.29, 1.82) is 0 Å². The van der Waals surface area contributed by atoms with Gasteiger partial charge in [-0.25, -0.2) is 4.39 Å². The summed E-state index contributed by atoms with van der Waals surface area (Å²) in [6.45, 7) is 4.79. The van der Waals surface area contributed by atoms with Crippen LogP contribution in [0.25, 0.3) is 0 Å². The number of hydrogen-bond donors (Lipinski definition) is 1. The summed E-state index contributed by atoms with van der Waals surface area (Å²) in [7, 11) is 0. The van der Waals surface area contributed by atoms with Crippen molar-refractivity contribution in [2.45, 2.75) is 26.8 Å². The molecule has 0 spiro atoms. The second-order valence-electron chi connectivity index (χ2n) is 4.76. The van der Waals surface area contributed by atoms with Crippen molar-refractivity contribution < 1.29 is 18.7 Å². The smallest absolute Gasteiger partial charge is 0.258 e. The SMILES string of the molecule is CC(=O)C(NC(=O)COc1ccc(Cl)c(F)c1)C(C)C. The van der Waals surface area contributed by atoms with E-state index in [4.69, 9.17) is 16.3 Å². The second kappa shape index (κ2) is 7.24. The summed E-state index contributed by atoms with van der Waals surface area (Å²) >= 11 is 5.53. The molecule has 1 N–H and O–H groups in total. The van der Waals surface area contributed by atoms with Crippen LogP contribution in [0, 0.1) is 11.7 Å². The fourth-order valence-corrected chi connectivity index (χ4v) is 1.79. The van der Waals surface area contributed by atoms with Crippen LogP contribution < -0.4 is 10.1 Å². The third-order valence-corrected chi connectivity index (χ3v) is 2.99. The van der Waals surface area contributed by atoms with E-state index in [-0.39, 0.29) is 29.1 Å². The molecule has 1 aromatic carbocycles. The quantitative estimate of drug-likeness (QED) is 0.878. The zero-order chi connectivity index (χ0) is 15.3. The van der Waals surface area contributed by atoms with Gasteiger partial charge in [-0.3, -0.25) is 9.59 Å². The van der Waals surface area contributed by atoms with Crippen molar-refractivity contribution in [3.8, 4) is 5.75 Å². The fraction of sp³-hybridized carbons (Fsp3) is 0.429. The molecule has 0 aromatic heterocycles. The predicted octanol–water partition coefficient (Wildman–Crippen LogP) is 2.59. The van der Waals surface area contributed by atoms with E-state index in [1.807, 2.05) is 13.8 Å². The maximum absolute atomic E-state index is 13.2. The molecule has 0 aliphatic carbocycles. The Hall–Kier alpha value is -1.62. The maximum atomic E-state index is 13.2. The molecule has 0 heterocycles. The van der Waals surface area contributed by atoms with Crippen molar-refractivity contribution in [3.63, 3.8) is 0 Å². The van der Waals surface area contributed by atoms with Crippen LogP contribution in [-0.4, -0.2) is 24.3 Å². The van der Waals surface area contributed by atoms with Gasteiger partial charge in [0.05, 0.1) is 11.1 Å². The van der Waals surface area contributed by atoms with Gasteiger partial charge in [0.1, 0.15) is 11.6 Å². The molecule has 1 aromatic rings. The molecular weight excluding hydrogens is 285 g/mol. The van der Waals surface area contributed by atoms with Crippen LogP contribution in [0.4, 0.5) is 4.39 Å². The highest BCUT2D eigenvalue weighted by molar-refractivity contribution is 6.30. The third kappa shape index (κ3) is 4.81. The van der Waals surface area contributed by atoms with Crippen LogP contribution in [0.15, 0.2) is 18.2 Å². The molecule has 20 heavy (non-hydrogen) atoms. The van der Waals surface area contributed by atoms with E-state index in [1.54, 1.807) is 0 Å². The zero-order valence-electron chi connectivity index (χ0n) is 11.6. The lowest BCUT2D eigenvalue weighted by Gasteiger charge is -2.19. The fourth-order valence-electron chi connectivity index (χ4n) is 1.67. The third-order valence-electron chi connectivity index (χ3n) is 2.68. The molecule has 110 valence electrons. The molecule has 0 fully saturated rings. The first kappa shape index (κ1) is 16.4. The topological polar surface area (TPSA) is 55.4 Å². The van der Waals surface area contributed by atoms with Gasteiger partial charge in [0.25, 0.3) is 5.91 Å². The second-order valence-corrected chi connectivity index (χ2v) is 5.17. The summed E-state index contributed by atoms with van der Waals surface area (Å²) in [5.74, 6) is -0.982. The molecule has 0 saturated carbocycles. The van der Waals surface area contributed by atoms with E-state index in [9.17, 15) is 14.0 Å². The largest absolute Gasteiger partial charge is 0.484 e. The lowest BCUT2D eigenvalue weighted by atomic mass is 10.0. The summed E-state index contributed by atoms with van der Waals surface area (Å²) in [6.07, 6.45) is 0. The van der Waals surface area contributed by atoms with Crippen molar-refractivity contribution in [1.82, 2.24) is 5.32 Å². The Kier molecular flexibility index (Phi) is 5.95. The van der Waals surface area contributed by atoms with E-state index >= 15 is 0 Å². The number of amides is 1. The maximum Gasteiger partial charge on any atom is 0.258 e. The van der Waals surface area contributed by atoms with Crippen molar-refractivity contribution in [3.05, 3.63) is 29.0 Å². The number of ether oxygens (including phenoxy) is 1. The minimum atomic E-state index is -0.617. The first-order valence-electron chi connectivity index (χ1n) is 6.19. The molecule has 0 bridgehead atoms. The van der Waals surface area contributed by atoms with Gasteiger partial charge in [-0.1, -0.05) is 25.4 Å². The lowest BCUT2D eigenvalue weighted by Crippen LogP contribution is -2.45. The molecule has 4 nitrogen and oxygen atoms in total. The van der Waals surface area contributed by atoms with Crippen LogP contribution in [0.1, 0.15) is 20.8 Å². The lowest BCUT2D eigenvalue weighted by molar-refractivity contribution is -0.129. The van der Waals surface area contributed by atoms with Crippen molar-refractivity contribution in [2.24, 2.45) is 5.92 Å². The molecule has 0 radical (unpaired) electrons. The number of hydrogen-bond acceptors (Lipinski definition) is 3. The first-order valence-corrected chi connectivity index (χ1v) is 6.56. The average Bonchev–Trinajstić information content (AvgIpc) is 2.36. The monoisotopic (exact) mass is 301 g/mol. The van der Waals surface area contributed by atoms with Crippen LogP contribution in [0.2, 0.25) is 5.02 Å². The Bertz CT molecular complexity index is 505. The molecule has 1 amide bonds. The Labute approximate surface area is 122 Å². The van der Waals surface area contributed by atoms with Crippen LogP contribution in [0.3, 0.4) is 0 Å². The number of nitrogens with one attached hydrogen (secondary N) is 1. The Morgan fingerprint density at radius 2 is 2.05 bits per heavy atom. The van der Waals surface area contributed by atoms with Crippen molar-refractivity contribution >= 4 is 23.3 Å². The highest BCUT2D eigenvalue weighted by Gasteiger charge is 2.20.